The molecular weight excluding hydrogens is 278 g/mol. The molecule has 2 N–H and O–H groups in total. The van der Waals surface area contributed by atoms with E-state index in [4.69, 9.17) is 0 Å². The number of sulfonamides is 1. The van der Waals surface area contributed by atoms with Gasteiger partial charge < -0.3 is 10.6 Å². The molecular formula is C13H19N3O3S. The zero-order valence-electron chi connectivity index (χ0n) is 11.6. The van der Waals surface area contributed by atoms with Crippen molar-refractivity contribution in [3.8, 4) is 0 Å². The van der Waals surface area contributed by atoms with Gasteiger partial charge in [0.2, 0.25) is 15.9 Å². The summed E-state index contributed by atoms with van der Waals surface area (Å²) in [7, 11) is -0.456. The summed E-state index contributed by atoms with van der Waals surface area (Å²) in [5.74, 6) is 0.364. The van der Waals surface area contributed by atoms with Gasteiger partial charge in [0.05, 0.1) is 4.90 Å². The third kappa shape index (κ3) is 3.36. The van der Waals surface area contributed by atoms with Gasteiger partial charge in [0, 0.05) is 26.2 Å². The molecule has 0 radical (unpaired) electrons. The van der Waals surface area contributed by atoms with Crippen molar-refractivity contribution in [1.82, 2.24) is 9.62 Å². The Morgan fingerprint density at radius 2 is 1.90 bits per heavy atom. The molecule has 110 valence electrons. The number of nitrogens with one attached hydrogen (secondary N) is 2. The highest BCUT2D eigenvalue weighted by molar-refractivity contribution is 7.89. The second kappa shape index (κ2) is 5.90. The van der Waals surface area contributed by atoms with E-state index in [9.17, 15) is 13.2 Å². The van der Waals surface area contributed by atoms with Crippen LogP contribution < -0.4 is 10.6 Å². The Morgan fingerprint density at radius 3 is 2.35 bits per heavy atom. The maximum Gasteiger partial charge on any atom is 0.242 e. The fraction of sp³-hybridized carbons (Fsp3) is 0.462. The van der Waals surface area contributed by atoms with Gasteiger partial charge in [-0.2, -0.15) is 0 Å². The summed E-state index contributed by atoms with van der Waals surface area (Å²) >= 11 is 0. The third-order valence-electron chi connectivity index (χ3n) is 3.26. The van der Waals surface area contributed by atoms with E-state index in [1.807, 2.05) is 0 Å². The molecule has 1 aromatic carbocycles. The zero-order chi connectivity index (χ0) is 14.8. The Kier molecular flexibility index (Phi) is 4.42. The lowest BCUT2D eigenvalue weighted by Gasteiger charge is -2.26. The van der Waals surface area contributed by atoms with Crippen molar-refractivity contribution in [1.29, 1.82) is 0 Å². The first-order chi connectivity index (χ1) is 9.39. The largest absolute Gasteiger partial charge is 0.326 e. The normalized spacial score (nSPS) is 15.9. The van der Waals surface area contributed by atoms with Crippen LogP contribution >= 0.6 is 0 Å². The topological polar surface area (TPSA) is 78.5 Å². The summed E-state index contributed by atoms with van der Waals surface area (Å²) in [5, 5.41) is 5.89. The molecule has 0 unspecified atom stereocenters. The Hall–Kier alpha value is -1.44. The zero-order valence-corrected chi connectivity index (χ0v) is 12.4. The van der Waals surface area contributed by atoms with Crippen molar-refractivity contribution in [2.75, 3.05) is 32.5 Å². The van der Waals surface area contributed by atoms with Crippen molar-refractivity contribution in [3.05, 3.63) is 24.3 Å². The van der Waals surface area contributed by atoms with Gasteiger partial charge in [0.1, 0.15) is 0 Å². The van der Waals surface area contributed by atoms with Crippen molar-refractivity contribution in [2.45, 2.75) is 11.3 Å². The number of amides is 1. The molecule has 1 aliphatic heterocycles. The van der Waals surface area contributed by atoms with E-state index in [2.05, 4.69) is 10.6 Å². The molecule has 1 fully saturated rings. The quantitative estimate of drug-likeness (QED) is 0.829. The van der Waals surface area contributed by atoms with E-state index < -0.39 is 10.0 Å². The van der Waals surface area contributed by atoms with E-state index in [0.717, 1.165) is 17.4 Å². The van der Waals surface area contributed by atoms with Gasteiger partial charge in [0.15, 0.2) is 0 Å². The average Bonchev–Trinajstić information content (AvgIpc) is 2.34. The number of nitrogens with zero attached hydrogens (tertiary/aromatic N) is 1. The fourth-order valence-electron chi connectivity index (χ4n) is 1.89. The van der Waals surface area contributed by atoms with Crippen LogP contribution in [0.5, 0.6) is 0 Å². The van der Waals surface area contributed by atoms with Gasteiger partial charge in [-0.3, -0.25) is 4.79 Å². The highest BCUT2D eigenvalue weighted by Gasteiger charge is 2.20. The minimum absolute atomic E-state index is 0.0419. The van der Waals surface area contributed by atoms with Crippen LogP contribution in [-0.4, -0.2) is 45.8 Å². The van der Waals surface area contributed by atoms with E-state index in [1.165, 1.54) is 26.2 Å². The van der Waals surface area contributed by atoms with Crippen LogP contribution in [0, 0.1) is 5.92 Å². The molecule has 0 bridgehead atoms. The summed E-state index contributed by atoms with van der Waals surface area (Å²) in [6.07, 6.45) is 0.491. The lowest BCUT2D eigenvalue weighted by atomic mass is 9.99. The molecule has 0 aliphatic carbocycles. The molecule has 1 aliphatic rings. The van der Waals surface area contributed by atoms with Gasteiger partial charge >= 0.3 is 0 Å². The van der Waals surface area contributed by atoms with Crippen molar-refractivity contribution >= 4 is 21.6 Å². The molecule has 7 heteroatoms. The Bertz CT molecular complexity index is 577. The van der Waals surface area contributed by atoms with Gasteiger partial charge in [-0.05, 0) is 43.3 Å². The Balaban J connectivity index is 1.99. The molecule has 6 nitrogen and oxygen atoms in total. The molecule has 0 spiro atoms. The summed E-state index contributed by atoms with van der Waals surface area (Å²) in [4.78, 5) is 12.0. The first-order valence-corrected chi connectivity index (χ1v) is 7.87. The van der Waals surface area contributed by atoms with Gasteiger partial charge in [-0.15, -0.1) is 0 Å². The molecule has 20 heavy (non-hydrogen) atoms. The maximum atomic E-state index is 11.9. The Labute approximate surface area is 119 Å². The molecule has 1 aromatic rings. The number of hydrogen-bond acceptors (Lipinski definition) is 4. The molecule has 0 saturated carbocycles. The summed E-state index contributed by atoms with van der Waals surface area (Å²) < 4.78 is 24.9. The molecule has 1 saturated heterocycles. The molecule has 0 atom stereocenters. The second-order valence-corrected chi connectivity index (χ2v) is 7.24. The summed E-state index contributed by atoms with van der Waals surface area (Å²) in [6.45, 7) is 1.76. The number of benzene rings is 1. The highest BCUT2D eigenvalue weighted by atomic mass is 32.2. The predicted molar refractivity (Wildman–Crippen MR) is 76.9 cm³/mol. The number of hydrogen-bond donors (Lipinski definition) is 2. The van der Waals surface area contributed by atoms with E-state index >= 15 is 0 Å². The molecule has 0 aromatic heterocycles. The summed E-state index contributed by atoms with van der Waals surface area (Å²) in [5.41, 5.74) is 0.611. The van der Waals surface area contributed by atoms with Crippen LogP contribution in [0.1, 0.15) is 6.42 Å². The van der Waals surface area contributed by atoms with Crippen molar-refractivity contribution < 1.29 is 13.2 Å². The molecule has 2 rings (SSSR count). The van der Waals surface area contributed by atoms with Crippen LogP contribution in [0.3, 0.4) is 0 Å². The smallest absolute Gasteiger partial charge is 0.242 e. The lowest BCUT2D eigenvalue weighted by Crippen LogP contribution is -2.43. The van der Waals surface area contributed by atoms with Gasteiger partial charge in [-0.25, -0.2) is 12.7 Å². The number of carbonyl (C=O) groups excluding carboxylic acids is 1. The second-order valence-electron chi connectivity index (χ2n) is 5.09. The third-order valence-corrected chi connectivity index (χ3v) is 5.09. The standard InChI is InChI=1S/C13H19N3O3S/c1-16(2)20(18,19)12-5-3-11(4-6-12)15-13(17)7-10-8-14-9-10/h3-6,10,14H,7-9H2,1-2H3,(H,15,17). The van der Waals surface area contributed by atoms with Crippen LogP contribution in [0.15, 0.2) is 29.2 Å². The van der Waals surface area contributed by atoms with Gasteiger partial charge in [-0.1, -0.05) is 0 Å². The van der Waals surface area contributed by atoms with Crippen LogP contribution in [-0.2, 0) is 14.8 Å². The van der Waals surface area contributed by atoms with Crippen LogP contribution in [0.4, 0.5) is 5.69 Å². The average molecular weight is 297 g/mol. The maximum absolute atomic E-state index is 11.9. The Morgan fingerprint density at radius 1 is 1.30 bits per heavy atom. The molecule has 1 heterocycles. The van der Waals surface area contributed by atoms with Crippen molar-refractivity contribution in [2.24, 2.45) is 5.92 Å². The summed E-state index contributed by atoms with van der Waals surface area (Å²) in [6, 6.07) is 6.20. The SMILES string of the molecule is CN(C)S(=O)(=O)c1ccc(NC(=O)CC2CNC2)cc1. The molecule has 1 amide bonds. The minimum Gasteiger partial charge on any atom is -0.326 e. The predicted octanol–water partition coefficient (Wildman–Crippen LogP) is 0.485. The number of rotatable bonds is 5. The van der Waals surface area contributed by atoms with Crippen LogP contribution in [0.25, 0.3) is 0 Å². The fourth-order valence-corrected chi connectivity index (χ4v) is 2.79. The first-order valence-electron chi connectivity index (χ1n) is 6.43. The lowest BCUT2D eigenvalue weighted by molar-refractivity contribution is -0.117. The van der Waals surface area contributed by atoms with E-state index in [-0.39, 0.29) is 10.8 Å². The monoisotopic (exact) mass is 297 g/mol. The van der Waals surface area contributed by atoms with E-state index in [0.29, 0.717) is 18.0 Å². The van der Waals surface area contributed by atoms with Crippen molar-refractivity contribution in [3.63, 3.8) is 0 Å². The van der Waals surface area contributed by atoms with Gasteiger partial charge in [0.25, 0.3) is 0 Å². The van der Waals surface area contributed by atoms with E-state index in [1.54, 1.807) is 12.1 Å². The number of carbonyl (C=O) groups is 1. The highest BCUT2D eigenvalue weighted by Crippen LogP contribution is 2.17. The number of anilines is 1. The minimum atomic E-state index is -3.42. The first kappa shape index (κ1) is 15.0. The van der Waals surface area contributed by atoms with Crippen LogP contribution in [0.2, 0.25) is 0 Å².